The van der Waals surface area contributed by atoms with E-state index in [1.54, 1.807) is 7.11 Å². The largest absolute Gasteiger partial charge is 0.496 e. The average molecular weight is 330 g/mol. The first-order chi connectivity index (χ1) is 11.5. The number of urea groups is 1. The van der Waals surface area contributed by atoms with Crippen LogP contribution in [0.15, 0.2) is 18.2 Å². The molecule has 1 heterocycles. The van der Waals surface area contributed by atoms with Gasteiger partial charge in [0.1, 0.15) is 11.3 Å². The van der Waals surface area contributed by atoms with Gasteiger partial charge in [-0.15, -0.1) is 0 Å². The summed E-state index contributed by atoms with van der Waals surface area (Å²) in [5, 5.41) is 2.98. The van der Waals surface area contributed by atoms with Crippen molar-refractivity contribution in [1.29, 1.82) is 0 Å². The van der Waals surface area contributed by atoms with E-state index >= 15 is 0 Å². The van der Waals surface area contributed by atoms with Crippen molar-refractivity contribution in [3.8, 4) is 5.75 Å². The van der Waals surface area contributed by atoms with Crippen LogP contribution in [0.25, 0.3) is 0 Å². The fourth-order valence-electron chi connectivity index (χ4n) is 3.94. The number of imide groups is 1. The van der Waals surface area contributed by atoms with Gasteiger partial charge in [-0.3, -0.25) is 9.69 Å². The molecule has 24 heavy (non-hydrogen) atoms. The third-order valence-electron chi connectivity index (χ3n) is 5.55. The van der Waals surface area contributed by atoms with Gasteiger partial charge in [-0.25, -0.2) is 4.79 Å². The van der Waals surface area contributed by atoms with Crippen molar-refractivity contribution in [2.75, 3.05) is 7.11 Å². The SMILES string of the molecule is CCC1CCC2(CC1)NC(=O)N(Cc1cc(C)ccc1OC)C2=O. The molecule has 1 aliphatic carbocycles. The highest BCUT2D eigenvalue weighted by Crippen LogP contribution is 2.38. The minimum Gasteiger partial charge on any atom is -0.496 e. The smallest absolute Gasteiger partial charge is 0.325 e. The van der Waals surface area contributed by atoms with Crippen LogP contribution in [0, 0.1) is 12.8 Å². The molecule has 3 amide bonds. The summed E-state index contributed by atoms with van der Waals surface area (Å²) in [4.78, 5) is 26.8. The molecule has 130 valence electrons. The molecule has 1 N–H and O–H groups in total. The molecule has 1 saturated heterocycles. The molecule has 0 aromatic heterocycles. The van der Waals surface area contributed by atoms with Crippen LogP contribution in [-0.2, 0) is 11.3 Å². The van der Waals surface area contributed by atoms with Gasteiger partial charge in [0.05, 0.1) is 13.7 Å². The van der Waals surface area contributed by atoms with Crippen molar-refractivity contribution < 1.29 is 14.3 Å². The van der Waals surface area contributed by atoms with E-state index in [1.165, 1.54) is 4.90 Å². The third-order valence-corrected chi connectivity index (χ3v) is 5.55. The number of ether oxygens (including phenoxy) is 1. The molecular formula is C19H26N2O3. The Morgan fingerprint density at radius 2 is 2.00 bits per heavy atom. The van der Waals surface area contributed by atoms with Crippen LogP contribution in [0.5, 0.6) is 5.75 Å². The predicted molar refractivity (Wildman–Crippen MR) is 91.8 cm³/mol. The number of carbonyl (C=O) groups excluding carboxylic acids is 2. The molecule has 1 aromatic carbocycles. The Morgan fingerprint density at radius 1 is 1.29 bits per heavy atom. The topological polar surface area (TPSA) is 58.6 Å². The zero-order chi connectivity index (χ0) is 17.3. The van der Waals surface area contributed by atoms with Gasteiger partial charge in [-0.05, 0) is 44.6 Å². The summed E-state index contributed by atoms with van der Waals surface area (Å²) in [6, 6.07) is 5.53. The van der Waals surface area contributed by atoms with E-state index in [0.29, 0.717) is 11.7 Å². The van der Waals surface area contributed by atoms with Crippen molar-refractivity contribution >= 4 is 11.9 Å². The number of amides is 3. The van der Waals surface area contributed by atoms with E-state index in [2.05, 4.69) is 12.2 Å². The maximum atomic E-state index is 13.0. The van der Waals surface area contributed by atoms with Gasteiger partial charge in [0.15, 0.2) is 0 Å². The number of hydrogen-bond donors (Lipinski definition) is 1. The lowest BCUT2D eigenvalue weighted by Gasteiger charge is -2.34. The van der Waals surface area contributed by atoms with Gasteiger partial charge in [0, 0.05) is 5.56 Å². The number of methoxy groups -OCH3 is 1. The van der Waals surface area contributed by atoms with Gasteiger partial charge < -0.3 is 10.1 Å². The Morgan fingerprint density at radius 3 is 2.62 bits per heavy atom. The third kappa shape index (κ3) is 2.87. The summed E-state index contributed by atoms with van der Waals surface area (Å²) in [6.45, 7) is 4.44. The molecule has 0 radical (unpaired) electrons. The number of benzene rings is 1. The van der Waals surface area contributed by atoms with Crippen LogP contribution in [0.4, 0.5) is 4.79 Å². The van der Waals surface area contributed by atoms with Crippen LogP contribution >= 0.6 is 0 Å². The lowest BCUT2D eigenvalue weighted by atomic mass is 9.75. The maximum absolute atomic E-state index is 13.0. The molecule has 1 aliphatic heterocycles. The molecule has 0 atom stereocenters. The van der Waals surface area contributed by atoms with E-state index in [0.717, 1.165) is 43.2 Å². The van der Waals surface area contributed by atoms with E-state index in [4.69, 9.17) is 4.74 Å². The van der Waals surface area contributed by atoms with Crippen LogP contribution in [0.3, 0.4) is 0 Å². The molecule has 5 heteroatoms. The van der Waals surface area contributed by atoms with Gasteiger partial charge >= 0.3 is 6.03 Å². The predicted octanol–water partition coefficient (Wildman–Crippen LogP) is 3.39. The van der Waals surface area contributed by atoms with Crippen molar-refractivity contribution in [2.24, 2.45) is 5.92 Å². The lowest BCUT2D eigenvalue weighted by molar-refractivity contribution is -0.133. The van der Waals surface area contributed by atoms with E-state index in [-0.39, 0.29) is 18.5 Å². The number of hydrogen-bond acceptors (Lipinski definition) is 3. The Balaban J connectivity index is 1.79. The van der Waals surface area contributed by atoms with Crippen LogP contribution in [-0.4, -0.2) is 29.5 Å². The molecule has 1 aromatic rings. The molecule has 5 nitrogen and oxygen atoms in total. The van der Waals surface area contributed by atoms with E-state index < -0.39 is 5.54 Å². The second-order valence-corrected chi connectivity index (χ2v) is 7.07. The standard InChI is InChI=1S/C19H26N2O3/c1-4-14-7-9-19(10-8-14)17(22)21(18(23)20-19)12-15-11-13(2)5-6-16(15)24-3/h5-6,11,14H,4,7-10,12H2,1-3H3,(H,20,23). The van der Waals surface area contributed by atoms with Crippen molar-refractivity contribution in [3.63, 3.8) is 0 Å². The summed E-state index contributed by atoms with van der Waals surface area (Å²) in [5.41, 5.74) is 1.26. The zero-order valence-corrected chi connectivity index (χ0v) is 14.7. The molecule has 3 rings (SSSR count). The number of nitrogens with one attached hydrogen (secondary N) is 1. The van der Waals surface area contributed by atoms with Gasteiger partial charge in [0.2, 0.25) is 0 Å². The first-order valence-electron chi connectivity index (χ1n) is 8.76. The highest BCUT2D eigenvalue weighted by Gasteiger charge is 2.52. The molecule has 2 aliphatic rings. The first-order valence-corrected chi connectivity index (χ1v) is 8.76. The number of aryl methyl sites for hydroxylation is 1. The molecule has 1 saturated carbocycles. The highest BCUT2D eigenvalue weighted by molar-refractivity contribution is 6.07. The van der Waals surface area contributed by atoms with Crippen molar-refractivity contribution in [1.82, 2.24) is 10.2 Å². The number of rotatable bonds is 4. The zero-order valence-electron chi connectivity index (χ0n) is 14.7. The molecule has 0 unspecified atom stereocenters. The highest BCUT2D eigenvalue weighted by atomic mass is 16.5. The average Bonchev–Trinajstić information content (AvgIpc) is 2.80. The van der Waals surface area contributed by atoms with Gasteiger partial charge in [0.25, 0.3) is 5.91 Å². The minimum atomic E-state index is -0.681. The van der Waals surface area contributed by atoms with Crippen molar-refractivity contribution in [3.05, 3.63) is 29.3 Å². The monoisotopic (exact) mass is 330 g/mol. The second kappa shape index (κ2) is 6.46. The summed E-state index contributed by atoms with van der Waals surface area (Å²) in [7, 11) is 1.60. The van der Waals surface area contributed by atoms with Crippen LogP contribution < -0.4 is 10.1 Å². The lowest BCUT2D eigenvalue weighted by Crippen LogP contribution is -2.49. The normalized spacial score (nSPS) is 26.8. The molecule has 1 spiro atoms. The molecule has 2 fully saturated rings. The fraction of sp³-hybridized carbons (Fsp3) is 0.579. The maximum Gasteiger partial charge on any atom is 0.325 e. The summed E-state index contributed by atoms with van der Waals surface area (Å²) >= 11 is 0. The second-order valence-electron chi connectivity index (χ2n) is 7.07. The van der Waals surface area contributed by atoms with Crippen LogP contribution in [0.1, 0.15) is 50.2 Å². The Labute approximate surface area is 143 Å². The summed E-state index contributed by atoms with van der Waals surface area (Å²) in [6.07, 6.45) is 4.64. The molecular weight excluding hydrogens is 304 g/mol. The van der Waals surface area contributed by atoms with Crippen molar-refractivity contribution in [2.45, 2.75) is 58.0 Å². The van der Waals surface area contributed by atoms with Gasteiger partial charge in [-0.2, -0.15) is 0 Å². The summed E-state index contributed by atoms with van der Waals surface area (Å²) in [5.74, 6) is 1.30. The van der Waals surface area contributed by atoms with E-state index in [1.807, 2.05) is 25.1 Å². The quantitative estimate of drug-likeness (QED) is 0.861. The minimum absolute atomic E-state index is 0.0781. The Kier molecular flexibility index (Phi) is 4.52. The number of carbonyl (C=O) groups is 2. The van der Waals surface area contributed by atoms with E-state index in [9.17, 15) is 9.59 Å². The Hall–Kier alpha value is -2.04. The Bertz CT molecular complexity index is 648. The number of nitrogens with zero attached hydrogens (tertiary/aromatic N) is 1. The van der Waals surface area contributed by atoms with Gasteiger partial charge in [-0.1, -0.05) is 31.0 Å². The first kappa shape index (κ1) is 16.8. The fourth-order valence-corrected chi connectivity index (χ4v) is 3.94. The summed E-state index contributed by atoms with van der Waals surface area (Å²) < 4.78 is 5.38. The molecule has 0 bridgehead atoms. The van der Waals surface area contributed by atoms with Crippen LogP contribution in [0.2, 0.25) is 0 Å².